The van der Waals surface area contributed by atoms with E-state index in [9.17, 15) is 9.18 Å². The number of halogens is 1. The molecule has 0 aliphatic heterocycles. The molecule has 0 aliphatic rings. The monoisotopic (exact) mass is 530 g/mol. The average molecular weight is 531 g/mol. The van der Waals surface area contributed by atoms with Crippen molar-refractivity contribution >= 4 is 38.7 Å². The predicted octanol–water partition coefficient (Wildman–Crippen LogP) is 6.39. The molecule has 0 saturated heterocycles. The molecule has 1 unspecified atom stereocenters. The van der Waals surface area contributed by atoms with Gasteiger partial charge in [0.2, 0.25) is 5.43 Å². The SMILES string of the molecule is Cc1c[nH]c2ccc(-c3nn(C(C)c4oc5ccccc5c(=O)c4-c4cccc(F)c4)c4ncnc(N)c34)cc12. The maximum absolute atomic E-state index is 14.3. The number of nitrogens with one attached hydrogen (secondary N) is 1. The lowest BCUT2D eigenvalue weighted by molar-refractivity contribution is 0.446. The Morgan fingerprint density at radius 1 is 1.00 bits per heavy atom. The summed E-state index contributed by atoms with van der Waals surface area (Å²) in [7, 11) is 0. The van der Waals surface area contributed by atoms with E-state index < -0.39 is 11.9 Å². The number of hydrogen-bond acceptors (Lipinski definition) is 6. The van der Waals surface area contributed by atoms with Crippen molar-refractivity contribution in [3.63, 3.8) is 0 Å². The molecule has 0 radical (unpaired) electrons. The minimum absolute atomic E-state index is 0.256. The summed E-state index contributed by atoms with van der Waals surface area (Å²) >= 11 is 0. The van der Waals surface area contributed by atoms with Gasteiger partial charge in [-0.3, -0.25) is 4.79 Å². The van der Waals surface area contributed by atoms with Crippen molar-refractivity contribution in [3.05, 3.63) is 107 Å². The topological polar surface area (TPSA) is 116 Å². The Hall–Kier alpha value is -5.31. The summed E-state index contributed by atoms with van der Waals surface area (Å²) in [5.74, 6) is 0.167. The lowest BCUT2D eigenvalue weighted by atomic mass is 9.99. The summed E-state index contributed by atoms with van der Waals surface area (Å²) in [5.41, 5.74) is 11.3. The van der Waals surface area contributed by atoms with Crippen molar-refractivity contribution < 1.29 is 8.81 Å². The number of nitrogens with zero attached hydrogens (tertiary/aromatic N) is 4. The maximum atomic E-state index is 14.3. The highest BCUT2D eigenvalue weighted by Gasteiger charge is 2.27. The average Bonchev–Trinajstić information content (AvgIpc) is 3.54. The van der Waals surface area contributed by atoms with Crippen molar-refractivity contribution in [2.75, 3.05) is 5.73 Å². The van der Waals surface area contributed by atoms with Crippen LogP contribution in [0.3, 0.4) is 0 Å². The minimum Gasteiger partial charge on any atom is -0.458 e. The van der Waals surface area contributed by atoms with Gasteiger partial charge in [0, 0.05) is 22.7 Å². The molecular formula is C31H23FN6O2. The number of fused-ring (bicyclic) bond motifs is 3. The molecule has 196 valence electrons. The Bertz CT molecular complexity index is 2160. The molecular weight excluding hydrogens is 507 g/mol. The largest absolute Gasteiger partial charge is 0.458 e. The number of H-pyrrole nitrogens is 1. The molecule has 7 rings (SSSR count). The van der Waals surface area contributed by atoms with E-state index in [4.69, 9.17) is 15.2 Å². The van der Waals surface area contributed by atoms with Gasteiger partial charge in [-0.25, -0.2) is 19.0 Å². The summed E-state index contributed by atoms with van der Waals surface area (Å²) in [4.78, 5) is 25.8. The van der Waals surface area contributed by atoms with Crippen LogP contribution >= 0.6 is 0 Å². The summed E-state index contributed by atoms with van der Waals surface area (Å²) in [6.07, 6.45) is 3.34. The second kappa shape index (κ2) is 8.88. The molecule has 40 heavy (non-hydrogen) atoms. The number of nitrogen functional groups attached to an aromatic ring is 1. The Labute approximate surface area is 226 Å². The van der Waals surface area contributed by atoms with Crippen LogP contribution in [-0.4, -0.2) is 24.7 Å². The van der Waals surface area contributed by atoms with E-state index in [1.807, 2.05) is 32.2 Å². The number of hydrogen-bond donors (Lipinski definition) is 2. The highest BCUT2D eigenvalue weighted by Crippen LogP contribution is 2.37. The fourth-order valence-electron chi connectivity index (χ4n) is 5.36. The lowest BCUT2D eigenvalue weighted by Crippen LogP contribution is -2.16. The van der Waals surface area contributed by atoms with E-state index >= 15 is 0 Å². The highest BCUT2D eigenvalue weighted by molar-refractivity contribution is 6.00. The van der Waals surface area contributed by atoms with Crippen molar-refractivity contribution in [2.24, 2.45) is 0 Å². The number of benzene rings is 3. The highest BCUT2D eigenvalue weighted by atomic mass is 19.1. The van der Waals surface area contributed by atoms with Crippen LogP contribution in [0.25, 0.3) is 55.3 Å². The van der Waals surface area contributed by atoms with Crippen molar-refractivity contribution in [2.45, 2.75) is 19.9 Å². The number of rotatable bonds is 4. The van der Waals surface area contributed by atoms with Crippen LogP contribution in [-0.2, 0) is 0 Å². The number of para-hydroxylation sites is 1. The van der Waals surface area contributed by atoms with E-state index in [0.29, 0.717) is 39.0 Å². The normalized spacial score (nSPS) is 12.5. The zero-order valence-electron chi connectivity index (χ0n) is 21.6. The third-order valence-electron chi connectivity index (χ3n) is 7.36. The van der Waals surface area contributed by atoms with E-state index in [0.717, 1.165) is 22.0 Å². The smallest absolute Gasteiger partial charge is 0.200 e. The first-order valence-corrected chi connectivity index (χ1v) is 12.8. The molecule has 0 spiro atoms. The summed E-state index contributed by atoms with van der Waals surface area (Å²) in [6, 6.07) is 18.4. The first kappa shape index (κ1) is 23.8. The number of aromatic nitrogens is 5. The first-order chi connectivity index (χ1) is 19.4. The Balaban J connectivity index is 1.50. The maximum Gasteiger partial charge on any atom is 0.200 e. The Kier molecular flexibility index (Phi) is 5.28. The molecule has 7 aromatic rings. The number of aromatic amines is 1. The van der Waals surface area contributed by atoms with Gasteiger partial charge in [0.15, 0.2) is 5.65 Å². The van der Waals surface area contributed by atoms with Crippen LogP contribution < -0.4 is 11.2 Å². The molecule has 3 N–H and O–H groups in total. The number of anilines is 1. The molecule has 1 atom stereocenters. The van der Waals surface area contributed by atoms with Crippen LogP contribution in [0.2, 0.25) is 0 Å². The van der Waals surface area contributed by atoms with Crippen molar-refractivity contribution in [3.8, 4) is 22.4 Å². The number of nitrogens with two attached hydrogens (primary N) is 1. The molecule has 0 bridgehead atoms. The molecule has 4 aromatic heterocycles. The molecule has 3 aromatic carbocycles. The second-order valence-corrected chi connectivity index (χ2v) is 9.84. The van der Waals surface area contributed by atoms with Gasteiger partial charge in [-0.1, -0.05) is 30.3 Å². The van der Waals surface area contributed by atoms with E-state index in [2.05, 4.69) is 21.0 Å². The van der Waals surface area contributed by atoms with E-state index in [-0.39, 0.29) is 16.8 Å². The van der Waals surface area contributed by atoms with Crippen molar-refractivity contribution in [1.82, 2.24) is 24.7 Å². The van der Waals surface area contributed by atoms with Crippen molar-refractivity contribution in [1.29, 1.82) is 0 Å². The van der Waals surface area contributed by atoms with Gasteiger partial charge >= 0.3 is 0 Å². The molecule has 9 heteroatoms. The quantitative estimate of drug-likeness (QED) is 0.273. The zero-order valence-corrected chi connectivity index (χ0v) is 21.6. The van der Waals surface area contributed by atoms with Crippen LogP contribution in [0.4, 0.5) is 10.2 Å². The molecule has 0 saturated carbocycles. The van der Waals surface area contributed by atoms with Gasteiger partial charge in [0.05, 0.1) is 16.3 Å². The lowest BCUT2D eigenvalue weighted by Gasteiger charge is -2.17. The van der Waals surface area contributed by atoms with Crippen LogP contribution in [0, 0.1) is 12.7 Å². The first-order valence-electron chi connectivity index (χ1n) is 12.8. The fourth-order valence-corrected chi connectivity index (χ4v) is 5.36. The third kappa shape index (κ3) is 3.59. The van der Waals surface area contributed by atoms with Crippen LogP contribution in [0.5, 0.6) is 0 Å². The van der Waals surface area contributed by atoms with E-state index in [1.54, 1.807) is 41.1 Å². The Morgan fingerprint density at radius 2 is 1.85 bits per heavy atom. The standard InChI is InChI=1S/C31H23FN6O2/c1-16-14-34-23-11-10-19(13-22(16)23)27-26-30(33)35-15-36-31(26)38(37-27)17(2)29-25(18-6-5-7-20(32)12-18)28(39)21-8-3-4-9-24(21)40-29/h3-15,17,34H,1-2H3,(H2,33,35,36). The van der Waals surface area contributed by atoms with Gasteiger partial charge in [-0.15, -0.1) is 0 Å². The predicted molar refractivity (Wildman–Crippen MR) is 153 cm³/mol. The summed E-state index contributed by atoms with van der Waals surface area (Å²) in [5, 5.41) is 7.04. The molecule has 8 nitrogen and oxygen atoms in total. The molecule has 4 heterocycles. The summed E-state index contributed by atoms with van der Waals surface area (Å²) in [6.45, 7) is 3.90. The molecule has 0 aliphatic carbocycles. The molecule has 0 fully saturated rings. The van der Waals surface area contributed by atoms with Crippen LogP contribution in [0.15, 0.2) is 88.5 Å². The molecule has 0 amide bonds. The minimum atomic E-state index is -0.612. The number of aryl methyl sites for hydroxylation is 1. The Morgan fingerprint density at radius 3 is 2.70 bits per heavy atom. The van der Waals surface area contributed by atoms with E-state index in [1.165, 1.54) is 18.5 Å². The van der Waals surface area contributed by atoms with Gasteiger partial charge in [-0.2, -0.15) is 5.10 Å². The van der Waals surface area contributed by atoms with Gasteiger partial charge < -0.3 is 15.1 Å². The van der Waals surface area contributed by atoms with Crippen LogP contribution in [0.1, 0.15) is 24.3 Å². The zero-order chi connectivity index (χ0) is 27.5. The van der Waals surface area contributed by atoms with Gasteiger partial charge in [-0.05, 0) is 61.4 Å². The van der Waals surface area contributed by atoms with Gasteiger partial charge in [0.1, 0.15) is 41.0 Å². The summed E-state index contributed by atoms with van der Waals surface area (Å²) < 4.78 is 22.4. The fraction of sp³-hybridized carbons (Fsp3) is 0.0968. The second-order valence-electron chi connectivity index (χ2n) is 9.84. The third-order valence-corrected chi connectivity index (χ3v) is 7.36. The van der Waals surface area contributed by atoms with Gasteiger partial charge in [0.25, 0.3) is 0 Å².